The van der Waals surface area contributed by atoms with E-state index in [0.717, 1.165) is 6.04 Å². The van der Waals surface area contributed by atoms with Gasteiger partial charge < -0.3 is 0 Å². The predicted molar refractivity (Wildman–Crippen MR) is 67.9 cm³/mol. The smallest absolute Gasteiger partial charge is 0.00927 e. The molecule has 88 valence electrons. The molecule has 0 unspecified atom stereocenters. The highest BCUT2D eigenvalue weighted by molar-refractivity contribution is 4.71. The van der Waals surface area contributed by atoms with Gasteiger partial charge in [0.05, 0.1) is 0 Å². The van der Waals surface area contributed by atoms with Crippen LogP contribution in [0.15, 0.2) is 0 Å². The zero-order valence-corrected chi connectivity index (χ0v) is 11.4. The summed E-state index contributed by atoms with van der Waals surface area (Å²) in [4.78, 5) is 2.62. The van der Waals surface area contributed by atoms with Crippen LogP contribution in [0.1, 0.15) is 67.7 Å². The molecule has 14 heavy (non-hydrogen) atoms. The monoisotopic (exact) mass is 201 g/mol. The van der Waals surface area contributed by atoms with E-state index < -0.39 is 0 Å². The van der Waals surface area contributed by atoms with E-state index in [4.69, 9.17) is 0 Å². The van der Waals surface area contributed by atoms with Crippen molar-refractivity contribution in [3.05, 3.63) is 0 Å². The van der Waals surface area contributed by atoms with Crippen LogP contribution in [0, 0.1) is 0 Å². The molecule has 0 heterocycles. The van der Waals surface area contributed by atoms with Crippen LogP contribution in [0.3, 0.4) is 0 Å². The van der Waals surface area contributed by atoms with E-state index >= 15 is 0 Å². The summed E-state index contributed by atoms with van der Waals surface area (Å²) in [6, 6.07) is 1.50. The van der Waals surface area contributed by atoms with E-state index in [9.17, 15) is 0 Å². The minimum absolute atomic E-state index is 0.704. The summed E-state index contributed by atoms with van der Waals surface area (Å²) in [6.07, 6.45) is 3.85. The molecule has 0 spiro atoms. The normalized spacial score (nSPS) is 10.7. The van der Waals surface area contributed by atoms with Gasteiger partial charge in [0, 0.05) is 12.1 Å². The molecule has 0 atom stereocenters. The van der Waals surface area contributed by atoms with Crippen molar-refractivity contribution >= 4 is 0 Å². The van der Waals surface area contributed by atoms with Crippen molar-refractivity contribution < 1.29 is 0 Å². The van der Waals surface area contributed by atoms with E-state index in [2.05, 4.69) is 39.5 Å². The quantitative estimate of drug-likeness (QED) is 0.618. The maximum atomic E-state index is 2.62. The van der Waals surface area contributed by atoms with Crippen LogP contribution in [0.25, 0.3) is 0 Å². The molecular weight excluding hydrogens is 170 g/mol. The number of rotatable bonds is 6. The lowest BCUT2D eigenvalue weighted by atomic mass is 10.1. The molecule has 1 heteroatoms. The molecule has 0 saturated heterocycles. The van der Waals surface area contributed by atoms with Crippen LogP contribution in [0.2, 0.25) is 0 Å². The van der Waals surface area contributed by atoms with Crippen molar-refractivity contribution in [2.45, 2.75) is 79.8 Å². The van der Waals surface area contributed by atoms with Crippen LogP contribution in [-0.4, -0.2) is 23.5 Å². The standard InChI is InChI=1S/C11H25N.C2H6/c1-6-9-12(10(4)5)11(7-2)8-3;1-2/h10-11H,6-9H2,1-5H3;1-2H3. The van der Waals surface area contributed by atoms with Gasteiger partial charge in [-0.25, -0.2) is 0 Å². The summed E-state index contributed by atoms with van der Waals surface area (Å²) in [5.74, 6) is 0. The van der Waals surface area contributed by atoms with Crippen LogP contribution in [0.5, 0.6) is 0 Å². The van der Waals surface area contributed by atoms with Gasteiger partial charge in [0.2, 0.25) is 0 Å². The first-order valence-electron chi connectivity index (χ1n) is 6.43. The van der Waals surface area contributed by atoms with Crippen molar-refractivity contribution in [1.82, 2.24) is 4.90 Å². The molecule has 0 rings (SSSR count). The molecule has 0 aliphatic rings. The Morgan fingerprint density at radius 2 is 1.36 bits per heavy atom. The molecule has 0 aliphatic heterocycles. The highest BCUT2D eigenvalue weighted by Gasteiger charge is 2.16. The van der Waals surface area contributed by atoms with Crippen LogP contribution in [-0.2, 0) is 0 Å². The van der Waals surface area contributed by atoms with E-state index in [1.54, 1.807) is 0 Å². The first-order valence-corrected chi connectivity index (χ1v) is 6.43. The molecule has 0 radical (unpaired) electrons. The third-order valence-corrected chi connectivity index (χ3v) is 2.56. The summed E-state index contributed by atoms with van der Waals surface area (Å²) in [5, 5.41) is 0. The molecule has 0 aliphatic carbocycles. The van der Waals surface area contributed by atoms with E-state index in [-0.39, 0.29) is 0 Å². The van der Waals surface area contributed by atoms with Crippen LogP contribution in [0.4, 0.5) is 0 Å². The van der Waals surface area contributed by atoms with Gasteiger partial charge in [-0.1, -0.05) is 34.6 Å². The van der Waals surface area contributed by atoms with Gasteiger partial charge in [-0.2, -0.15) is 0 Å². The molecule has 0 amide bonds. The minimum Gasteiger partial charge on any atom is -0.298 e. The zero-order valence-electron chi connectivity index (χ0n) is 11.4. The number of nitrogens with zero attached hydrogens (tertiary/aromatic N) is 1. The third kappa shape index (κ3) is 6.42. The van der Waals surface area contributed by atoms with Crippen molar-refractivity contribution in [1.29, 1.82) is 0 Å². The van der Waals surface area contributed by atoms with Crippen LogP contribution >= 0.6 is 0 Å². The fourth-order valence-corrected chi connectivity index (χ4v) is 1.88. The fraction of sp³-hybridized carbons (Fsp3) is 1.00. The number of hydrogen-bond donors (Lipinski definition) is 0. The first-order chi connectivity index (χ1) is 6.67. The van der Waals surface area contributed by atoms with E-state index in [0.29, 0.717) is 6.04 Å². The summed E-state index contributed by atoms with van der Waals surface area (Å²) >= 11 is 0. The Morgan fingerprint density at radius 3 is 1.57 bits per heavy atom. The SMILES string of the molecule is CC.CCCN(C(C)C)C(CC)CC. The van der Waals surface area contributed by atoms with Crippen molar-refractivity contribution in [3.63, 3.8) is 0 Å². The molecule has 0 aromatic rings. The van der Waals surface area contributed by atoms with Gasteiger partial charge >= 0.3 is 0 Å². The lowest BCUT2D eigenvalue weighted by Gasteiger charge is -2.33. The van der Waals surface area contributed by atoms with Crippen molar-refractivity contribution in [2.75, 3.05) is 6.54 Å². The average molecular weight is 201 g/mol. The minimum atomic E-state index is 0.704. The fourth-order valence-electron chi connectivity index (χ4n) is 1.88. The highest BCUT2D eigenvalue weighted by Crippen LogP contribution is 2.12. The predicted octanol–water partition coefficient (Wildman–Crippen LogP) is 4.32. The molecule has 0 fully saturated rings. The van der Waals surface area contributed by atoms with Gasteiger partial charge in [0.25, 0.3) is 0 Å². The van der Waals surface area contributed by atoms with E-state index in [1.165, 1.54) is 25.8 Å². The second-order valence-electron chi connectivity index (χ2n) is 3.80. The second kappa shape index (κ2) is 11.0. The van der Waals surface area contributed by atoms with Crippen LogP contribution < -0.4 is 0 Å². The van der Waals surface area contributed by atoms with Gasteiger partial charge in [-0.3, -0.25) is 4.90 Å². The molecule has 0 aromatic carbocycles. The third-order valence-electron chi connectivity index (χ3n) is 2.56. The zero-order chi connectivity index (χ0) is 11.6. The number of hydrogen-bond acceptors (Lipinski definition) is 1. The van der Waals surface area contributed by atoms with Gasteiger partial charge in [0.15, 0.2) is 0 Å². The second-order valence-corrected chi connectivity index (χ2v) is 3.80. The Kier molecular flexibility index (Phi) is 12.9. The molecule has 0 N–H and O–H groups in total. The molecule has 0 saturated carbocycles. The first kappa shape index (κ1) is 16.4. The summed E-state index contributed by atoms with van der Waals surface area (Å²) in [6.45, 7) is 16.7. The maximum Gasteiger partial charge on any atom is 0.00927 e. The Balaban J connectivity index is 0. The highest BCUT2D eigenvalue weighted by atomic mass is 15.2. The average Bonchev–Trinajstić information content (AvgIpc) is 2.21. The van der Waals surface area contributed by atoms with Crippen molar-refractivity contribution in [2.24, 2.45) is 0 Å². The Hall–Kier alpha value is -0.0400. The summed E-state index contributed by atoms with van der Waals surface area (Å²) in [7, 11) is 0. The van der Waals surface area contributed by atoms with Gasteiger partial charge in [0.1, 0.15) is 0 Å². The summed E-state index contributed by atoms with van der Waals surface area (Å²) in [5.41, 5.74) is 0. The lowest BCUT2D eigenvalue weighted by Crippen LogP contribution is -2.40. The lowest BCUT2D eigenvalue weighted by molar-refractivity contribution is 0.145. The van der Waals surface area contributed by atoms with Gasteiger partial charge in [-0.15, -0.1) is 0 Å². The molecule has 1 nitrogen and oxygen atoms in total. The Morgan fingerprint density at radius 1 is 0.929 bits per heavy atom. The molecule has 0 aromatic heterocycles. The summed E-state index contributed by atoms with van der Waals surface area (Å²) < 4.78 is 0. The molecular formula is C13H31N. The van der Waals surface area contributed by atoms with E-state index in [1.807, 2.05) is 13.8 Å². The van der Waals surface area contributed by atoms with Crippen molar-refractivity contribution in [3.8, 4) is 0 Å². The molecule has 0 bridgehead atoms. The topological polar surface area (TPSA) is 3.24 Å². The Bertz CT molecular complexity index is 95.4. The maximum absolute atomic E-state index is 2.62. The van der Waals surface area contributed by atoms with Gasteiger partial charge in [-0.05, 0) is 39.7 Å². The Labute approximate surface area is 91.9 Å². The largest absolute Gasteiger partial charge is 0.298 e.